The average molecular weight is 411 g/mol. The largest absolute Gasteiger partial charge is 0.512 e. The second-order valence-electron chi connectivity index (χ2n) is 6.24. The highest BCUT2D eigenvalue weighted by Crippen LogP contribution is 2.39. The topological polar surface area (TPSA) is 66.8 Å². The molecular weight excluding hydrogens is 392 g/mol. The van der Waals surface area contributed by atoms with Gasteiger partial charge in [-0.1, -0.05) is 17.9 Å². The number of hydrogen-bond donors (Lipinski definition) is 2. The highest BCUT2D eigenvalue weighted by Gasteiger charge is 2.40. The van der Waals surface area contributed by atoms with Gasteiger partial charge in [0.05, 0.1) is 16.9 Å². The van der Waals surface area contributed by atoms with Gasteiger partial charge in [-0.05, 0) is 55.2 Å². The van der Waals surface area contributed by atoms with Crippen molar-refractivity contribution in [3.05, 3.63) is 39.4 Å². The monoisotopic (exact) mass is 410 g/mol. The summed E-state index contributed by atoms with van der Waals surface area (Å²) in [5, 5.41) is 21.2. The standard InChI is InChI=1S/C19H19ClO4S2/c20-16-11-17(21)15(8-6-12-4-2-10-25-12)14(16)5-1-3-13-7-9-18(26-13)24-19(22)23/h2,4,7,9-10,14-17,21H,1,3,5,11H2,(H,22,23)/t14-,15-,16-,17-/m1/s1. The summed E-state index contributed by atoms with van der Waals surface area (Å²) in [4.78, 5) is 12.6. The Hall–Kier alpha value is -1.52. The quantitative estimate of drug-likeness (QED) is 0.420. The number of aryl methyl sites for hydroxylation is 1. The molecule has 2 aromatic rings. The number of thiophene rings is 2. The van der Waals surface area contributed by atoms with Crippen molar-refractivity contribution in [3.8, 4) is 16.9 Å². The van der Waals surface area contributed by atoms with Gasteiger partial charge in [0.1, 0.15) is 0 Å². The molecule has 2 heterocycles. The number of hydrogen-bond acceptors (Lipinski definition) is 5. The van der Waals surface area contributed by atoms with Gasteiger partial charge in [0, 0.05) is 10.3 Å². The zero-order valence-corrected chi connectivity index (χ0v) is 16.3. The van der Waals surface area contributed by atoms with Gasteiger partial charge < -0.3 is 14.9 Å². The predicted octanol–water partition coefficient (Wildman–Crippen LogP) is 4.85. The van der Waals surface area contributed by atoms with Crippen LogP contribution in [-0.2, 0) is 6.42 Å². The second kappa shape index (κ2) is 8.92. The summed E-state index contributed by atoms with van der Waals surface area (Å²) < 4.78 is 4.65. The number of halogens is 1. The smallest absolute Gasteiger partial charge is 0.449 e. The van der Waals surface area contributed by atoms with Crippen molar-refractivity contribution >= 4 is 40.4 Å². The van der Waals surface area contributed by atoms with Crippen molar-refractivity contribution < 1.29 is 19.7 Å². The number of carbonyl (C=O) groups is 1. The minimum atomic E-state index is -1.30. The zero-order valence-electron chi connectivity index (χ0n) is 13.9. The molecule has 2 N–H and O–H groups in total. The Morgan fingerprint density at radius 2 is 2.23 bits per heavy atom. The normalized spacial score (nSPS) is 24.8. The molecule has 0 aromatic carbocycles. The van der Waals surface area contributed by atoms with Crippen LogP contribution in [0.15, 0.2) is 29.6 Å². The summed E-state index contributed by atoms with van der Waals surface area (Å²) >= 11 is 9.40. The Balaban J connectivity index is 1.56. The van der Waals surface area contributed by atoms with Gasteiger partial charge in [-0.3, -0.25) is 0 Å². The van der Waals surface area contributed by atoms with Crippen LogP contribution in [0.25, 0.3) is 0 Å². The Bertz CT molecular complexity index is 790. The molecule has 0 amide bonds. The van der Waals surface area contributed by atoms with Crippen LogP contribution in [0, 0.1) is 23.7 Å². The SMILES string of the molecule is O=C(O)Oc1ccc(CCC[C@@H]2[C@@H](C#Cc3cccs3)[C@H](O)C[C@H]2Cl)s1. The maximum atomic E-state index is 10.5. The van der Waals surface area contributed by atoms with Crippen molar-refractivity contribution in [2.24, 2.45) is 11.8 Å². The number of ether oxygens (including phenoxy) is 1. The zero-order chi connectivity index (χ0) is 18.5. The van der Waals surface area contributed by atoms with Crippen molar-refractivity contribution in [2.45, 2.75) is 37.2 Å². The lowest BCUT2D eigenvalue weighted by atomic mass is 9.90. The molecule has 138 valence electrons. The summed E-state index contributed by atoms with van der Waals surface area (Å²) in [6, 6.07) is 7.50. The number of aliphatic hydroxyl groups excluding tert-OH is 1. The van der Waals surface area contributed by atoms with Gasteiger partial charge >= 0.3 is 6.16 Å². The summed E-state index contributed by atoms with van der Waals surface area (Å²) in [5.74, 6) is 6.45. The molecule has 0 unspecified atom stereocenters. The lowest BCUT2D eigenvalue weighted by Gasteiger charge is -2.18. The Kier molecular flexibility index (Phi) is 6.60. The second-order valence-corrected chi connectivity index (χ2v) is 8.88. The Labute approximate surface area is 165 Å². The van der Waals surface area contributed by atoms with E-state index in [0.29, 0.717) is 11.5 Å². The summed E-state index contributed by atoms with van der Waals surface area (Å²) in [7, 11) is 0. The van der Waals surface area contributed by atoms with E-state index in [4.69, 9.17) is 16.7 Å². The third kappa shape index (κ3) is 5.01. The Morgan fingerprint density at radius 1 is 1.38 bits per heavy atom. The van der Waals surface area contributed by atoms with Crippen LogP contribution in [0.5, 0.6) is 5.06 Å². The van der Waals surface area contributed by atoms with E-state index in [-0.39, 0.29) is 17.2 Å². The van der Waals surface area contributed by atoms with Crippen molar-refractivity contribution in [2.75, 3.05) is 0 Å². The number of aliphatic hydroxyl groups is 1. The molecule has 0 aliphatic heterocycles. The summed E-state index contributed by atoms with van der Waals surface area (Å²) in [6.07, 6.45) is 1.41. The Morgan fingerprint density at radius 3 is 2.96 bits per heavy atom. The number of rotatable bonds is 5. The number of carboxylic acid groups (broad SMARTS) is 1. The third-order valence-electron chi connectivity index (χ3n) is 4.48. The fraction of sp³-hybridized carbons (Fsp3) is 0.421. The molecule has 1 aliphatic carbocycles. The van der Waals surface area contributed by atoms with Crippen LogP contribution >= 0.6 is 34.3 Å². The molecule has 7 heteroatoms. The molecule has 1 saturated carbocycles. The van der Waals surface area contributed by atoms with Gasteiger partial charge in [-0.25, -0.2) is 4.79 Å². The predicted molar refractivity (Wildman–Crippen MR) is 104 cm³/mol. The first-order valence-electron chi connectivity index (χ1n) is 8.39. The third-order valence-corrected chi connectivity index (χ3v) is 6.79. The van der Waals surface area contributed by atoms with Crippen molar-refractivity contribution in [1.29, 1.82) is 0 Å². The molecule has 26 heavy (non-hydrogen) atoms. The average Bonchev–Trinajstić information content (AvgIpc) is 3.29. The van der Waals surface area contributed by atoms with E-state index in [2.05, 4.69) is 16.6 Å². The molecule has 2 aromatic heterocycles. The molecule has 3 rings (SSSR count). The fourth-order valence-corrected chi connectivity index (χ4v) is 5.21. The van der Waals surface area contributed by atoms with E-state index in [1.54, 1.807) is 17.4 Å². The van der Waals surface area contributed by atoms with E-state index in [0.717, 1.165) is 29.0 Å². The molecule has 0 spiro atoms. The first-order valence-corrected chi connectivity index (χ1v) is 10.5. The molecule has 0 bridgehead atoms. The minimum Gasteiger partial charge on any atom is -0.449 e. The van der Waals surface area contributed by atoms with Crippen LogP contribution < -0.4 is 4.74 Å². The van der Waals surface area contributed by atoms with Crippen LogP contribution in [0.2, 0.25) is 0 Å². The molecule has 0 saturated heterocycles. The van der Waals surface area contributed by atoms with Gasteiger partial charge in [-0.15, -0.1) is 34.3 Å². The van der Waals surface area contributed by atoms with E-state index in [1.165, 1.54) is 11.3 Å². The number of alkyl halides is 1. The van der Waals surface area contributed by atoms with E-state index in [1.807, 2.05) is 23.6 Å². The molecule has 4 atom stereocenters. The van der Waals surface area contributed by atoms with E-state index in [9.17, 15) is 9.90 Å². The van der Waals surface area contributed by atoms with E-state index < -0.39 is 12.3 Å². The maximum absolute atomic E-state index is 10.5. The van der Waals surface area contributed by atoms with Crippen molar-refractivity contribution in [3.63, 3.8) is 0 Å². The highest BCUT2D eigenvalue weighted by molar-refractivity contribution is 7.13. The summed E-state index contributed by atoms with van der Waals surface area (Å²) in [6.45, 7) is 0. The lowest BCUT2D eigenvalue weighted by molar-refractivity contribution is 0.144. The van der Waals surface area contributed by atoms with Gasteiger partial charge in [-0.2, -0.15) is 0 Å². The fourth-order valence-electron chi connectivity index (χ4n) is 3.28. The van der Waals surface area contributed by atoms with Crippen LogP contribution in [0.1, 0.15) is 29.0 Å². The molecule has 0 radical (unpaired) electrons. The maximum Gasteiger partial charge on any atom is 0.512 e. The summed E-state index contributed by atoms with van der Waals surface area (Å²) in [5.41, 5.74) is 0. The molecule has 1 fully saturated rings. The molecule has 1 aliphatic rings. The lowest BCUT2D eigenvalue weighted by Crippen LogP contribution is -2.19. The molecule has 4 nitrogen and oxygen atoms in total. The minimum absolute atomic E-state index is 0.0677. The van der Waals surface area contributed by atoms with E-state index >= 15 is 0 Å². The van der Waals surface area contributed by atoms with Crippen LogP contribution in [0.4, 0.5) is 4.79 Å². The van der Waals surface area contributed by atoms with Gasteiger partial charge in [0.2, 0.25) is 0 Å². The van der Waals surface area contributed by atoms with Gasteiger partial charge in [0.25, 0.3) is 0 Å². The van der Waals surface area contributed by atoms with Crippen LogP contribution in [-0.4, -0.2) is 27.8 Å². The van der Waals surface area contributed by atoms with Gasteiger partial charge in [0.15, 0.2) is 5.06 Å². The first kappa shape index (κ1) is 19.2. The highest BCUT2D eigenvalue weighted by atomic mass is 35.5. The first-order chi connectivity index (χ1) is 12.5. The van der Waals surface area contributed by atoms with Crippen molar-refractivity contribution in [1.82, 2.24) is 0 Å². The van der Waals surface area contributed by atoms with Crippen LogP contribution in [0.3, 0.4) is 0 Å². The molecular formula is C19H19ClO4S2.